The van der Waals surface area contributed by atoms with E-state index in [2.05, 4.69) is 19.9 Å². The van der Waals surface area contributed by atoms with E-state index < -0.39 is 0 Å². The Bertz CT molecular complexity index is 552. The minimum Gasteiger partial charge on any atom is -0.355 e. The third kappa shape index (κ3) is 1.92. The van der Waals surface area contributed by atoms with Gasteiger partial charge in [0.1, 0.15) is 5.69 Å². The van der Waals surface area contributed by atoms with Gasteiger partial charge in [-0.05, 0) is 18.9 Å². The molecule has 0 unspecified atom stereocenters. The molecule has 1 fully saturated rings. The van der Waals surface area contributed by atoms with Crippen molar-refractivity contribution in [2.24, 2.45) is 0 Å². The molecule has 18 heavy (non-hydrogen) atoms. The van der Waals surface area contributed by atoms with E-state index in [1.54, 1.807) is 24.7 Å². The first-order valence-corrected chi connectivity index (χ1v) is 6.02. The summed E-state index contributed by atoms with van der Waals surface area (Å²) in [5.74, 6) is 0.401. The van der Waals surface area contributed by atoms with Crippen molar-refractivity contribution in [3.8, 4) is 11.3 Å². The van der Waals surface area contributed by atoms with Gasteiger partial charge in [0.2, 0.25) is 0 Å². The summed E-state index contributed by atoms with van der Waals surface area (Å²) in [4.78, 5) is 14.6. The van der Waals surface area contributed by atoms with Gasteiger partial charge in [-0.1, -0.05) is 0 Å². The van der Waals surface area contributed by atoms with E-state index in [0.29, 0.717) is 11.3 Å². The van der Waals surface area contributed by atoms with Crippen molar-refractivity contribution in [2.45, 2.75) is 12.8 Å². The van der Waals surface area contributed by atoms with Crippen LogP contribution in [0.5, 0.6) is 0 Å². The van der Waals surface area contributed by atoms with Crippen molar-refractivity contribution in [3.05, 3.63) is 36.7 Å². The van der Waals surface area contributed by atoms with E-state index in [-0.39, 0.29) is 5.82 Å². The molecule has 0 atom stereocenters. The summed E-state index contributed by atoms with van der Waals surface area (Å²) < 4.78 is 13.8. The Kier molecular flexibility index (Phi) is 2.88. The van der Waals surface area contributed by atoms with Crippen molar-refractivity contribution >= 4 is 5.82 Å². The SMILES string of the molecule is Fc1cnccc1-c1nccnc1N1CCCC1. The molecule has 0 radical (unpaired) electrons. The number of nitrogens with zero attached hydrogens (tertiary/aromatic N) is 4. The van der Waals surface area contributed by atoms with Crippen molar-refractivity contribution in [1.82, 2.24) is 15.0 Å². The van der Waals surface area contributed by atoms with Gasteiger partial charge in [-0.15, -0.1) is 0 Å². The molecular formula is C13H13FN4. The van der Waals surface area contributed by atoms with E-state index in [1.165, 1.54) is 6.20 Å². The fourth-order valence-corrected chi connectivity index (χ4v) is 2.25. The third-order valence-electron chi connectivity index (χ3n) is 3.11. The predicted molar refractivity (Wildman–Crippen MR) is 66.7 cm³/mol. The number of rotatable bonds is 2. The average molecular weight is 244 g/mol. The first-order chi connectivity index (χ1) is 8.86. The van der Waals surface area contributed by atoms with Gasteiger partial charge in [-0.25, -0.2) is 9.37 Å². The van der Waals surface area contributed by atoms with Crippen LogP contribution in [-0.2, 0) is 0 Å². The zero-order valence-electron chi connectivity index (χ0n) is 9.88. The Morgan fingerprint density at radius 2 is 1.83 bits per heavy atom. The number of hydrogen-bond donors (Lipinski definition) is 0. The normalized spacial score (nSPS) is 15.1. The Morgan fingerprint density at radius 3 is 2.61 bits per heavy atom. The molecule has 0 spiro atoms. The second-order valence-electron chi connectivity index (χ2n) is 4.28. The molecule has 0 N–H and O–H groups in total. The lowest BCUT2D eigenvalue weighted by atomic mass is 10.1. The minimum atomic E-state index is -0.363. The highest BCUT2D eigenvalue weighted by atomic mass is 19.1. The molecule has 3 rings (SSSR count). The molecule has 2 aromatic heterocycles. The van der Waals surface area contributed by atoms with Gasteiger partial charge < -0.3 is 4.90 Å². The zero-order valence-corrected chi connectivity index (χ0v) is 9.88. The fraction of sp³-hybridized carbons (Fsp3) is 0.308. The maximum atomic E-state index is 13.8. The lowest BCUT2D eigenvalue weighted by Crippen LogP contribution is -2.20. The maximum Gasteiger partial charge on any atom is 0.155 e. The summed E-state index contributed by atoms with van der Waals surface area (Å²) in [6.07, 6.45) is 8.31. The first-order valence-electron chi connectivity index (χ1n) is 6.02. The highest BCUT2D eigenvalue weighted by Gasteiger charge is 2.20. The van der Waals surface area contributed by atoms with Crippen LogP contribution in [-0.4, -0.2) is 28.0 Å². The van der Waals surface area contributed by atoms with Crippen LogP contribution >= 0.6 is 0 Å². The number of anilines is 1. The second kappa shape index (κ2) is 4.68. The van der Waals surface area contributed by atoms with E-state index >= 15 is 0 Å². The largest absolute Gasteiger partial charge is 0.355 e. The Hall–Kier alpha value is -2.04. The molecule has 1 aliphatic heterocycles. The van der Waals surface area contributed by atoms with Crippen LogP contribution in [0.2, 0.25) is 0 Å². The van der Waals surface area contributed by atoms with Crippen LogP contribution in [0.1, 0.15) is 12.8 Å². The summed E-state index contributed by atoms with van der Waals surface area (Å²) in [5.41, 5.74) is 1.05. The molecule has 4 nitrogen and oxygen atoms in total. The van der Waals surface area contributed by atoms with Gasteiger partial charge in [-0.2, -0.15) is 0 Å². The topological polar surface area (TPSA) is 41.9 Å². The lowest BCUT2D eigenvalue weighted by Gasteiger charge is -2.18. The number of hydrogen-bond acceptors (Lipinski definition) is 4. The molecule has 2 aromatic rings. The van der Waals surface area contributed by atoms with E-state index in [4.69, 9.17) is 0 Å². The second-order valence-corrected chi connectivity index (χ2v) is 4.28. The van der Waals surface area contributed by atoms with Gasteiger partial charge in [0.05, 0.1) is 6.20 Å². The van der Waals surface area contributed by atoms with Crippen LogP contribution in [0.25, 0.3) is 11.3 Å². The number of pyridine rings is 1. The third-order valence-corrected chi connectivity index (χ3v) is 3.11. The van der Waals surface area contributed by atoms with Crippen molar-refractivity contribution < 1.29 is 4.39 Å². The van der Waals surface area contributed by atoms with Crippen LogP contribution in [0, 0.1) is 5.82 Å². The summed E-state index contributed by atoms with van der Waals surface area (Å²) in [6.45, 7) is 1.91. The predicted octanol–water partition coefficient (Wildman–Crippen LogP) is 2.28. The quantitative estimate of drug-likeness (QED) is 0.812. The zero-order chi connectivity index (χ0) is 12.4. The highest BCUT2D eigenvalue weighted by molar-refractivity contribution is 5.72. The van der Waals surface area contributed by atoms with Crippen molar-refractivity contribution in [3.63, 3.8) is 0 Å². The standard InChI is InChI=1S/C13H13FN4/c14-11-9-15-4-3-10(11)12-13(17-6-5-16-12)18-7-1-2-8-18/h3-6,9H,1-2,7-8H2. The van der Waals surface area contributed by atoms with E-state index in [0.717, 1.165) is 31.7 Å². The number of aromatic nitrogens is 3. The van der Waals surface area contributed by atoms with Crippen molar-refractivity contribution in [1.29, 1.82) is 0 Å². The molecule has 92 valence electrons. The van der Waals surface area contributed by atoms with Gasteiger partial charge in [0, 0.05) is 37.2 Å². The summed E-state index contributed by atoms with van der Waals surface area (Å²) in [5, 5.41) is 0. The minimum absolute atomic E-state index is 0.363. The molecule has 1 saturated heterocycles. The summed E-state index contributed by atoms with van der Waals surface area (Å²) in [7, 11) is 0. The number of halogens is 1. The van der Waals surface area contributed by atoms with Crippen LogP contribution in [0.15, 0.2) is 30.9 Å². The van der Waals surface area contributed by atoms with E-state index in [1.807, 2.05) is 0 Å². The van der Waals surface area contributed by atoms with Gasteiger partial charge >= 0.3 is 0 Å². The average Bonchev–Trinajstić information content (AvgIpc) is 2.93. The van der Waals surface area contributed by atoms with Crippen LogP contribution in [0.4, 0.5) is 10.2 Å². The molecule has 0 aromatic carbocycles. The molecule has 3 heterocycles. The summed E-state index contributed by atoms with van der Waals surface area (Å²) in [6, 6.07) is 1.64. The smallest absolute Gasteiger partial charge is 0.155 e. The first kappa shape index (κ1) is 11.1. The fourth-order valence-electron chi connectivity index (χ4n) is 2.25. The lowest BCUT2D eigenvalue weighted by molar-refractivity contribution is 0.624. The highest BCUT2D eigenvalue weighted by Crippen LogP contribution is 2.29. The Balaban J connectivity index is 2.09. The van der Waals surface area contributed by atoms with E-state index in [9.17, 15) is 4.39 Å². The monoisotopic (exact) mass is 244 g/mol. The molecule has 0 saturated carbocycles. The Morgan fingerprint density at radius 1 is 1.06 bits per heavy atom. The summed E-state index contributed by atoms with van der Waals surface area (Å²) >= 11 is 0. The van der Waals surface area contributed by atoms with Gasteiger partial charge in [-0.3, -0.25) is 9.97 Å². The molecule has 0 aliphatic carbocycles. The maximum absolute atomic E-state index is 13.8. The van der Waals surface area contributed by atoms with Crippen LogP contribution < -0.4 is 4.90 Å². The van der Waals surface area contributed by atoms with Gasteiger partial charge in [0.25, 0.3) is 0 Å². The molecule has 0 amide bonds. The molecule has 1 aliphatic rings. The van der Waals surface area contributed by atoms with Gasteiger partial charge in [0.15, 0.2) is 11.6 Å². The molecular weight excluding hydrogens is 231 g/mol. The Labute approximate surface area is 105 Å². The molecule has 0 bridgehead atoms. The molecule has 5 heteroatoms. The van der Waals surface area contributed by atoms with Crippen molar-refractivity contribution in [2.75, 3.05) is 18.0 Å². The van der Waals surface area contributed by atoms with Crippen LogP contribution in [0.3, 0.4) is 0 Å².